The van der Waals surface area contributed by atoms with E-state index >= 15 is 0 Å². The van der Waals surface area contributed by atoms with Gasteiger partial charge >= 0.3 is 0 Å². The fourth-order valence-corrected chi connectivity index (χ4v) is 2.48. The van der Waals surface area contributed by atoms with Gasteiger partial charge in [0.25, 0.3) is 0 Å². The van der Waals surface area contributed by atoms with Gasteiger partial charge in [-0.2, -0.15) is 0 Å². The van der Waals surface area contributed by atoms with Crippen molar-refractivity contribution in [1.82, 2.24) is 0 Å². The fourth-order valence-electron chi connectivity index (χ4n) is 2.48. The number of hydrogen-bond donors (Lipinski definition) is 1. The SMILES string of the molecule is O[C@@H](CCCCc1ccccc1)CCc1ccccc1. The van der Waals surface area contributed by atoms with Crippen molar-refractivity contribution in [3.8, 4) is 0 Å². The molecule has 0 unspecified atom stereocenters. The summed E-state index contributed by atoms with van der Waals surface area (Å²) in [6, 6.07) is 21.0. The van der Waals surface area contributed by atoms with Crippen LogP contribution in [0.15, 0.2) is 60.7 Å². The molecule has 0 aromatic heterocycles. The van der Waals surface area contributed by atoms with Gasteiger partial charge in [-0.05, 0) is 43.2 Å². The Morgan fingerprint density at radius 1 is 0.650 bits per heavy atom. The van der Waals surface area contributed by atoms with Gasteiger partial charge in [-0.3, -0.25) is 0 Å². The number of aryl methyl sites for hydroxylation is 2. The Bertz CT molecular complexity index is 464. The monoisotopic (exact) mass is 268 g/mol. The summed E-state index contributed by atoms with van der Waals surface area (Å²) >= 11 is 0. The number of aliphatic hydroxyl groups is 1. The molecule has 0 bridgehead atoms. The zero-order valence-electron chi connectivity index (χ0n) is 12.0. The lowest BCUT2D eigenvalue weighted by atomic mass is 10.0. The molecule has 20 heavy (non-hydrogen) atoms. The highest BCUT2D eigenvalue weighted by molar-refractivity contribution is 5.15. The van der Waals surface area contributed by atoms with Crippen molar-refractivity contribution in [3.05, 3.63) is 71.8 Å². The maximum absolute atomic E-state index is 10.0. The minimum Gasteiger partial charge on any atom is -0.393 e. The Morgan fingerprint density at radius 3 is 1.80 bits per heavy atom. The van der Waals surface area contributed by atoms with Crippen molar-refractivity contribution in [2.75, 3.05) is 0 Å². The summed E-state index contributed by atoms with van der Waals surface area (Å²) in [6.07, 6.45) is 5.98. The van der Waals surface area contributed by atoms with Crippen molar-refractivity contribution < 1.29 is 5.11 Å². The fraction of sp³-hybridized carbons (Fsp3) is 0.368. The maximum Gasteiger partial charge on any atom is 0.0543 e. The second kappa shape index (κ2) is 8.55. The third kappa shape index (κ3) is 5.58. The Kier molecular flexibility index (Phi) is 6.33. The molecule has 2 aromatic rings. The van der Waals surface area contributed by atoms with E-state index < -0.39 is 0 Å². The average molecular weight is 268 g/mol. The van der Waals surface area contributed by atoms with Crippen molar-refractivity contribution in [2.45, 2.75) is 44.6 Å². The van der Waals surface area contributed by atoms with Gasteiger partial charge in [0, 0.05) is 0 Å². The van der Waals surface area contributed by atoms with Crippen LogP contribution in [0.25, 0.3) is 0 Å². The van der Waals surface area contributed by atoms with Crippen LogP contribution in [-0.2, 0) is 12.8 Å². The minimum atomic E-state index is -0.161. The zero-order chi connectivity index (χ0) is 14.0. The predicted molar refractivity (Wildman–Crippen MR) is 84.8 cm³/mol. The van der Waals surface area contributed by atoms with Crippen LogP contribution in [0.3, 0.4) is 0 Å². The quantitative estimate of drug-likeness (QED) is 0.704. The van der Waals surface area contributed by atoms with Crippen LogP contribution in [0.2, 0.25) is 0 Å². The van der Waals surface area contributed by atoms with Crippen molar-refractivity contribution in [3.63, 3.8) is 0 Å². The second-order valence-corrected chi connectivity index (χ2v) is 5.41. The van der Waals surface area contributed by atoms with Crippen LogP contribution in [-0.4, -0.2) is 11.2 Å². The van der Waals surface area contributed by atoms with Crippen molar-refractivity contribution in [2.24, 2.45) is 0 Å². The van der Waals surface area contributed by atoms with E-state index in [4.69, 9.17) is 0 Å². The molecule has 0 radical (unpaired) electrons. The number of benzene rings is 2. The largest absolute Gasteiger partial charge is 0.393 e. The molecule has 1 N–H and O–H groups in total. The summed E-state index contributed by atoms with van der Waals surface area (Å²) in [6.45, 7) is 0. The van der Waals surface area contributed by atoms with Crippen LogP contribution in [0.4, 0.5) is 0 Å². The molecule has 0 amide bonds. The first-order valence-corrected chi connectivity index (χ1v) is 7.60. The molecule has 2 rings (SSSR count). The van der Waals surface area contributed by atoms with Crippen LogP contribution in [0.1, 0.15) is 36.8 Å². The Hall–Kier alpha value is -1.60. The third-order valence-electron chi connectivity index (χ3n) is 3.70. The number of rotatable bonds is 8. The summed E-state index contributed by atoms with van der Waals surface area (Å²) in [5.41, 5.74) is 2.71. The van der Waals surface area contributed by atoms with E-state index in [0.717, 1.165) is 38.5 Å². The van der Waals surface area contributed by atoms with E-state index in [0.29, 0.717) is 0 Å². The van der Waals surface area contributed by atoms with E-state index in [-0.39, 0.29) is 6.10 Å². The maximum atomic E-state index is 10.0. The molecule has 0 spiro atoms. The molecule has 0 saturated heterocycles. The third-order valence-corrected chi connectivity index (χ3v) is 3.70. The zero-order valence-corrected chi connectivity index (χ0v) is 12.0. The normalized spacial score (nSPS) is 12.2. The Labute approximate surface area is 122 Å². The molecule has 0 fully saturated rings. The van der Waals surface area contributed by atoms with Gasteiger partial charge in [0.1, 0.15) is 0 Å². The molecule has 0 heterocycles. The molecule has 2 aromatic carbocycles. The summed E-state index contributed by atoms with van der Waals surface area (Å²) in [4.78, 5) is 0. The summed E-state index contributed by atoms with van der Waals surface area (Å²) in [7, 11) is 0. The molecule has 0 saturated carbocycles. The van der Waals surface area contributed by atoms with Gasteiger partial charge in [0.15, 0.2) is 0 Å². The molecule has 1 nitrogen and oxygen atoms in total. The number of aliphatic hydroxyl groups excluding tert-OH is 1. The van der Waals surface area contributed by atoms with Gasteiger partial charge in [0.2, 0.25) is 0 Å². The van der Waals surface area contributed by atoms with Gasteiger partial charge < -0.3 is 5.11 Å². The van der Waals surface area contributed by atoms with Gasteiger partial charge in [-0.15, -0.1) is 0 Å². The van der Waals surface area contributed by atoms with Gasteiger partial charge in [-0.25, -0.2) is 0 Å². The first kappa shape index (κ1) is 14.8. The highest BCUT2D eigenvalue weighted by atomic mass is 16.3. The molecule has 0 aliphatic heterocycles. The van der Waals surface area contributed by atoms with E-state index in [9.17, 15) is 5.11 Å². The molecule has 0 aliphatic carbocycles. The summed E-state index contributed by atoms with van der Waals surface area (Å²) < 4.78 is 0. The molecular formula is C19H24O. The van der Waals surface area contributed by atoms with E-state index in [2.05, 4.69) is 54.6 Å². The highest BCUT2D eigenvalue weighted by Crippen LogP contribution is 2.12. The summed E-state index contributed by atoms with van der Waals surface area (Å²) in [5.74, 6) is 0. The first-order valence-electron chi connectivity index (χ1n) is 7.60. The highest BCUT2D eigenvalue weighted by Gasteiger charge is 2.04. The van der Waals surface area contributed by atoms with E-state index in [1.807, 2.05) is 6.07 Å². The Morgan fingerprint density at radius 2 is 1.20 bits per heavy atom. The minimum absolute atomic E-state index is 0.161. The summed E-state index contributed by atoms with van der Waals surface area (Å²) in [5, 5.41) is 10.0. The first-order chi connectivity index (χ1) is 9.84. The molecule has 0 aliphatic rings. The molecule has 106 valence electrons. The second-order valence-electron chi connectivity index (χ2n) is 5.41. The van der Waals surface area contributed by atoms with Crippen molar-refractivity contribution in [1.29, 1.82) is 0 Å². The molecule has 1 atom stereocenters. The topological polar surface area (TPSA) is 20.2 Å². The molecule has 1 heteroatoms. The smallest absolute Gasteiger partial charge is 0.0543 e. The van der Waals surface area contributed by atoms with Gasteiger partial charge in [-0.1, -0.05) is 67.1 Å². The number of unbranched alkanes of at least 4 members (excludes halogenated alkanes) is 1. The van der Waals surface area contributed by atoms with Crippen LogP contribution in [0.5, 0.6) is 0 Å². The lowest BCUT2D eigenvalue weighted by Gasteiger charge is -2.10. The Balaban J connectivity index is 1.57. The van der Waals surface area contributed by atoms with E-state index in [1.54, 1.807) is 0 Å². The van der Waals surface area contributed by atoms with Crippen LogP contribution >= 0.6 is 0 Å². The standard InChI is InChI=1S/C19H24O/c20-19(16-15-18-11-5-2-6-12-18)14-8-7-13-17-9-3-1-4-10-17/h1-6,9-12,19-20H,7-8,13-16H2/t19-/m0/s1. The predicted octanol–water partition coefficient (Wildman–Crippen LogP) is 4.39. The van der Waals surface area contributed by atoms with Crippen LogP contribution < -0.4 is 0 Å². The lowest BCUT2D eigenvalue weighted by molar-refractivity contribution is 0.151. The number of hydrogen-bond acceptors (Lipinski definition) is 1. The molecular weight excluding hydrogens is 244 g/mol. The average Bonchev–Trinajstić information content (AvgIpc) is 2.52. The van der Waals surface area contributed by atoms with Gasteiger partial charge in [0.05, 0.1) is 6.10 Å². The lowest BCUT2D eigenvalue weighted by Crippen LogP contribution is -2.08. The van der Waals surface area contributed by atoms with E-state index in [1.165, 1.54) is 11.1 Å². The van der Waals surface area contributed by atoms with Crippen LogP contribution in [0, 0.1) is 0 Å². The van der Waals surface area contributed by atoms with Crippen molar-refractivity contribution >= 4 is 0 Å².